The molecule has 1 N–H and O–H groups in total. The number of nitrogens with zero attached hydrogens (tertiary/aromatic N) is 9. The van der Waals surface area contributed by atoms with Gasteiger partial charge in [0.15, 0.2) is 11.6 Å². The maximum absolute atomic E-state index is 13.1. The smallest absolute Gasteiger partial charge is 0.416 e. The molecule has 2 aromatic carbocycles. The molecule has 0 spiro atoms. The Bertz CT molecular complexity index is 2270. The van der Waals surface area contributed by atoms with Crippen molar-refractivity contribution in [2.24, 2.45) is 35.5 Å². The Morgan fingerprint density at radius 1 is 0.677 bits per heavy atom. The predicted octanol–water partition coefficient (Wildman–Crippen LogP) is 9.52. The Morgan fingerprint density at radius 2 is 1.13 bits per heavy atom. The van der Waals surface area contributed by atoms with Crippen molar-refractivity contribution in [1.82, 2.24) is 45.0 Å². The van der Waals surface area contributed by atoms with Gasteiger partial charge in [-0.2, -0.15) is 46.5 Å². The lowest BCUT2D eigenvalue weighted by molar-refractivity contribution is -0.138. The van der Waals surface area contributed by atoms with Crippen LogP contribution in [-0.4, -0.2) is 65.9 Å². The van der Waals surface area contributed by atoms with Gasteiger partial charge >= 0.3 is 30.4 Å². The second kappa shape index (κ2) is 17.5. The van der Waals surface area contributed by atoms with Crippen LogP contribution in [0.1, 0.15) is 94.1 Å². The summed E-state index contributed by atoms with van der Waals surface area (Å²) in [4.78, 5) is 11.3. The lowest BCUT2D eigenvalue weighted by atomic mass is 9.82. The zero-order chi connectivity index (χ0) is 43.9. The average molecular weight is 871 g/mol. The molecule has 2 aliphatic heterocycles. The number of benzene rings is 2. The van der Waals surface area contributed by atoms with Crippen LogP contribution in [0.4, 0.5) is 32.4 Å². The Kier molecular flexibility index (Phi) is 12.3. The van der Waals surface area contributed by atoms with Crippen molar-refractivity contribution in [3.05, 3.63) is 77.2 Å². The first kappa shape index (κ1) is 43.4. The zero-order valence-corrected chi connectivity index (χ0v) is 35.3. The number of hydrogen-bond acceptors (Lipinski definition) is 11. The first-order chi connectivity index (χ1) is 29.5. The minimum atomic E-state index is -4.44. The fourth-order valence-corrected chi connectivity index (χ4v) is 9.57. The van der Waals surface area contributed by atoms with Crippen LogP contribution in [0.25, 0.3) is 0 Å². The highest BCUT2D eigenvalue weighted by molar-refractivity contribution is 5.33. The molecule has 9 rings (SSSR count). The first-order valence-corrected chi connectivity index (χ1v) is 21.3. The molecule has 0 amide bonds. The Morgan fingerprint density at radius 3 is 1.55 bits per heavy atom. The number of piperidine rings is 2. The number of nitrogens with one attached hydrogen (secondary N) is 1. The Labute approximate surface area is 355 Å². The van der Waals surface area contributed by atoms with E-state index in [1.807, 2.05) is 27.7 Å². The summed E-state index contributed by atoms with van der Waals surface area (Å²) in [6.45, 7) is 13.3. The quantitative estimate of drug-likeness (QED) is 0.127. The SMILES string of the molecule is CC(C)n1nc(CC2[C@@H]3CC[C@H]2CNC3)nc1Oc1cccc(C(F)(F)F)c1.Cc1nnc(N2C[C@H]3CC[C@@H](C2)C3Cc2nc(Oc3cccc(C(F)(F)F)c3)n(C(C)C)n2)o1. The molecule has 2 saturated carbocycles. The summed E-state index contributed by atoms with van der Waals surface area (Å²) in [6, 6.07) is 10.6. The number of hydrogen-bond donors (Lipinski definition) is 1. The second-order valence-corrected chi connectivity index (χ2v) is 17.6. The molecule has 4 fully saturated rings. The summed E-state index contributed by atoms with van der Waals surface area (Å²) in [5.41, 5.74) is -1.51. The van der Waals surface area contributed by atoms with Gasteiger partial charge in [0.25, 0.3) is 0 Å². The van der Waals surface area contributed by atoms with E-state index in [1.165, 1.54) is 37.1 Å². The molecule has 4 bridgehead atoms. The van der Waals surface area contributed by atoms with E-state index >= 15 is 0 Å². The van der Waals surface area contributed by atoms with Gasteiger partial charge in [-0.15, -0.1) is 5.10 Å². The molecule has 5 aromatic rings. The number of ether oxygens (including phenoxy) is 2. The molecule has 19 heteroatoms. The summed E-state index contributed by atoms with van der Waals surface area (Å²) in [6.07, 6.45) is -2.65. The molecule has 0 radical (unpaired) electrons. The summed E-state index contributed by atoms with van der Waals surface area (Å²) in [5, 5.41) is 20.9. The minimum Gasteiger partial charge on any atom is -0.424 e. The van der Waals surface area contributed by atoms with Crippen molar-refractivity contribution in [1.29, 1.82) is 0 Å². The van der Waals surface area contributed by atoms with Crippen LogP contribution in [0, 0.1) is 42.4 Å². The van der Waals surface area contributed by atoms with Crippen LogP contribution in [0.2, 0.25) is 0 Å². The molecular weight excluding hydrogens is 819 g/mol. The highest BCUT2D eigenvalue weighted by atomic mass is 19.4. The van der Waals surface area contributed by atoms with E-state index in [-0.39, 0.29) is 35.6 Å². The van der Waals surface area contributed by atoms with E-state index in [0.717, 1.165) is 69.7 Å². The third-order valence-electron chi connectivity index (χ3n) is 12.6. The van der Waals surface area contributed by atoms with Crippen molar-refractivity contribution in [2.45, 2.75) is 97.6 Å². The standard InChI is InChI=1S/C23H27F3N6O2.C20H25F3N4O/c1-13(2)32-21(34-18-6-4-5-17(9-18)23(24,25)26)27-20(30-32)10-19-15-7-8-16(19)12-31(11-15)22-29-28-14(3)33-22;1-12(2)27-19(28-16-5-3-4-15(8-16)20(21,22)23)25-18(26-27)9-17-13-6-7-14(17)11-24-10-13/h4-6,9,13,15-16,19H,7-8,10-12H2,1-3H3;3-5,8,12-14,17,24H,6-7,9-11H2,1-2H3/t15-,16+,19?;13-,14+,17?. The molecule has 2 aliphatic carbocycles. The molecule has 2 unspecified atom stereocenters. The van der Waals surface area contributed by atoms with Crippen molar-refractivity contribution < 1.29 is 40.2 Å². The van der Waals surface area contributed by atoms with Gasteiger partial charge in [-0.05, 0) is 138 Å². The van der Waals surface area contributed by atoms with Gasteiger partial charge in [-0.25, -0.2) is 9.36 Å². The van der Waals surface area contributed by atoms with Crippen molar-refractivity contribution in [3.8, 4) is 23.5 Å². The topological polar surface area (TPSA) is 134 Å². The van der Waals surface area contributed by atoms with Crippen molar-refractivity contribution in [3.63, 3.8) is 0 Å². The van der Waals surface area contributed by atoms with E-state index in [4.69, 9.17) is 13.9 Å². The fourth-order valence-electron chi connectivity index (χ4n) is 9.57. The number of alkyl halides is 6. The molecule has 334 valence electrons. The molecule has 13 nitrogen and oxygen atoms in total. The molecule has 4 aliphatic rings. The molecule has 2 saturated heterocycles. The van der Waals surface area contributed by atoms with Crippen LogP contribution in [0.15, 0.2) is 52.9 Å². The summed E-state index contributed by atoms with van der Waals surface area (Å²) >= 11 is 0. The summed E-state index contributed by atoms with van der Waals surface area (Å²) < 4.78 is 98.6. The number of aryl methyl sites for hydroxylation is 1. The third kappa shape index (κ3) is 9.71. The second-order valence-electron chi connectivity index (χ2n) is 17.6. The monoisotopic (exact) mass is 870 g/mol. The van der Waals surface area contributed by atoms with Gasteiger partial charge < -0.3 is 24.1 Å². The molecule has 6 atom stereocenters. The summed E-state index contributed by atoms with van der Waals surface area (Å²) in [5.74, 6) is 5.32. The number of halogens is 6. The predicted molar refractivity (Wildman–Crippen MR) is 215 cm³/mol. The van der Waals surface area contributed by atoms with Crippen molar-refractivity contribution >= 4 is 6.01 Å². The maximum atomic E-state index is 13.1. The maximum Gasteiger partial charge on any atom is 0.416 e. The largest absolute Gasteiger partial charge is 0.424 e. The highest BCUT2D eigenvalue weighted by Crippen LogP contribution is 2.45. The van der Waals surface area contributed by atoms with E-state index in [2.05, 4.69) is 40.6 Å². The average Bonchev–Trinajstić information content (AvgIpc) is 4.02. The number of rotatable bonds is 11. The number of fused-ring (bicyclic) bond motifs is 4. The van der Waals surface area contributed by atoms with Crippen LogP contribution in [-0.2, 0) is 25.2 Å². The molecule has 3 aromatic heterocycles. The van der Waals surface area contributed by atoms with Gasteiger partial charge in [-0.3, -0.25) is 0 Å². The normalized spacial score (nSPS) is 23.5. The zero-order valence-electron chi connectivity index (χ0n) is 35.3. The first-order valence-electron chi connectivity index (χ1n) is 21.3. The van der Waals surface area contributed by atoms with Crippen LogP contribution < -0.4 is 19.7 Å². The number of anilines is 1. The van der Waals surface area contributed by atoms with Crippen LogP contribution in [0.5, 0.6) is 23.5 Å². The van der Waals surface area contributed by atoms with Crippen molar-refractivity contribution in [2.75, 3.05) is 31.1 Å². The molecule has 5 heterocycles. The van der Waals surface area contributed by atoms with E-state index < -0.39 is 23.5 Å². The van der Waals surface area contributed by atoms with Gasteiger partial charge in [0.2, 0.25) is 5.89 Å². The summed E-state index contributed by atoms with van der Waals surface area (Å²) in [7, 11) is 0. The van der Waals surface area contributed by atoms with E-state index in [1.54, 1.807) is 16.3 Å². The van der Waals surface area contributed by atoms with Gasteiger partial charge in [0.05, 0.1) is 23.2 Å². The number of aromatic nitrogens is 8. The van der Waals surface area contributed by atoms with Crippen LogP contribution in [0.3, 0.4) is 0 Å². The van der Waals surface area contributed by atoms with E-state index in [9.17, 15) is 26.3 Å². The molecular formula is C43H52F6N10O3. The fraction of sp³-hybridized carbons (Fsp3) is 0.581. The third-order valence-corrected chi connectivity index (χ3v) is 12.6. The van der Waals surface area contributed by atoms with Crippen LogP contribution >= 0.6 is 0 Å². The van der Waals surface area contributed by atoms with Gasteiger partial charge in [0.1, 0.15) is 11.5 Å². The van der Waals surface area contributed by atoms with E-state index in [0.29, 0.717) is 65.5 Å². The lowest BCUT2D eigenvalue weighted by Crippen LogP contribution is -2.43. The minimum absolute atomic E-state index is 0.00760. The lowest BCUT2D eigenvalue weighted by Gasteiger charge is -2.36. The Hall–Kier alpha value is -5.20. The van der Waals surface area contributed by atoms with Gasteiger partial charge in [0, 0.05) is 32.9 Å². The molecule has 62 heavy (non-hydrogen) atoms. The van der Waals surface area contributed by atoms with Gasteiger partial charge in [-0.1, -0.05) is 17.2 Å². The Balaban J connectivity index is 0.000000174. The highest BCUT2D eigenvalue weighted by Gasteiger charge is 2.44.